The molecule has 0 saturated heterocycles. The second kappa shape index (κ2) is 7.15. The van der Waals surface area contributed by atoms with Gasteiger partial charge in [0.25, 0.3) is 0 Å². The van der Waals surface area contributed by atoms with Crippen LogP contribution >= 0.6 is 36.4 Å². The van der Waals surface area contributed by atoms with Gasteiger partial charge in [-0.3, -0.25) is 4.79 Å². The van der Waals surface area contributed by atoms with Crippen molar-refractivity contribution in [3.63, 3.8) is 0 Å². The summed E-state index contributed by atoms with van der Waals surface area (Å²) in [6, 6.07) is 8.33. The highest BCUT2D eigenvalue weighted by Crippen LogP contribution is 2.11. The summed E-state index contributed by atoms with van der Waals surface area (Å²) in [7, 11) is 0. The molecular weight excluding hydrogens is 232 g/mol. The van der Waals surface area contributed by atoms with E-state index in [1.54, 1.807) is 12.1 Å². The number of hydrogen-bond donors (Lipinski definition) is 1. The van der Waals surface area contributed by atoms with E-state index < -0.39 is 11.3 Å². The van der Waals surface area contributed by atoms with Crippen molar-refractivity contribution >= 4 is 41.7 Å². The van der Waals surface area contributed by atoms with Gasteiger partial charge in [-0.1, -0.05) is 30.3 Å². The SMILES string of the molecule is Cl.Cl.N[C@@H](C(=O)Cl)c1ccccc1. The number of nitrogens with two attached hydrogens (primary N) is 1. The van der Waals surface area contributed by atoms with Gasteiger partial charge in [-0.2, -0.15) is 0 Å². The van der Waals surface area contributed by atoms with Crippen molar-refractivity contribution in [3.8, 4) is 0 Å². The molecule has 5 heteroatoms. The average molecular weight is 243 g/mol. The normalized spacial score (nSPS) is 10.6. The van der Waals surface area contributed by atoms with Crippen molar-refractivity contribution in [1.29, 1.82) is 0 Å². The van der Waals surface area contributed by atoms with E-state index in [-0.39, 0.29) is 24.8 Å². The molecule has 1 aromatic carbocycles. The van der Waals surface area contributed by atoms with Crippen molar-refractivity contribution in [2.75, 3.05) is 0 Å². The molecule has 1 atom stereocenters. The van der Waals surface area contributed by atoms with E-state index in [9.17, 15) is 4.79 Å². The van der Waals surface area contributed by atoms with Crippen LogP contribution in [0.3, 0.4) is 0 Å². The molecule has 0 aliphatic carbocycles. The molecule has 0 unspecified atom stereocenters. The molecule has 0 radical (unpaired) electrons. The molecule has 1 rings (SSSR count). The number of hydrogen-bond acceptors (Lipinski definition) is 2. The summed E-state index contributed by atoms with van der Waals surface area (Å²) in [6.45, 7) is 0. The summed E-state index contributed by atoms with van der Waals surface area (Å²) in [4.78, 5) is 10.6. The molecule has 0 saturated carbocycles. The standard InChI is InChI=1S/C8H8ClNO.2ClH/c9-8(11)7(10)6-4-2-1-3-5-6;;/h1-5,7H,10H2;2*1H/t7-;;/m1../s1. The number of rotatable bonds is 2. The molecule has 2 nitrogen and oxygen atoms in total. The van der Waals surface area contributed by atoms with Gasteiger partial charge in [0.2, 0.25) is 5.24 Å². The van der Waals surface area contributed by atoms with E-state index in [4.69, 9.17) is 17.3 Å². The molecule has 0 aliphatic rings. The fraction of sp³-hybridized carbons (Fsp3) is 0.125. The van der Waals surface area contributed by atoms with Gasteiger partial charge in [0.15, 0.2) is 0 Å². The smallest absolute Gasteiger partial charge is 0.242 e. The van der Waals surface area contributed by atoms with Gasteiger partial charge >= 0.3 is 0 Å². The van der Waals surface area contributed by atoms with Crippen LogP contribution in [-0.2, 0) is 4.79 Å². The summed E-state index contributed by atoms with van der Waals surface area (Å²) in [6.07, 6.45) is 0. The Morgan fingerprint density at radius 3 is 2.08 bits per heavy atom. The van der Waals surface area contributed by atoms with Crippen LogP contribution in [0.2, 0.25) is 0 Å². The van der Waals surface area contributed by atoms with Crippen LogP contribution in [0.25, 0.3) is 0 Å². The van der Waals surface area contributed by atoms with E-state index >= 15 is 0 Å². The van der Waals surface area contributed by atoms with Gasteiger partial charge in [-0.25, -0.2) is 0 Å². The molecule has 1 aromatic rings. The maximum atomic E-state index is 10.6. The van der Waals surface area contributed by atoms with Gasteiger partial charge in [0.1, 0.15) is 6.04 Å². The highest BCUT2D eigenvalue weighted by atomic mass is 35.5. The summed E-state index contributed by atoms with van der Waals surface area (Å²) >= 11 is 5.20. The Hall–Kier alpha value is -0.280. The van der Waals surface area contributed by atoms with Crippen molar-refractivity contribution < 1.29 is 4.79 Å². The highest BCUT2D eigenvalue weighted by Gasteiger charge is 2.11. The van der Waals surface area contributed by atoms with Gasteiger partial charge in [0.05, 0.1) is 0 Å². The van der Waals surface area contributed by atoms with E-state index in [1.165, 1.54) is 0 Å². The predicted octanol–water partition coefficient (Wildman–Crippen LogP) is 2.30. The monoisotopic (exact) mass is 241 g/mol. The maximum absolute atomic E-state index is 10.6. The van der Waals surface area contributed by atoms with Crippen molar-refractivity contribution in [2.24, 2.45) is 5.73 Å². The Labute approximate surface area is 94.3 Å². The lowest BCUT2D eigenvalue weighted by Crippen LogP contribution is -2.16. The Morgan fingerprint density at radius 1 is 1.23 bits per heavy atom. The van der Waals surface area contributed by atoms with E-state index in [0.29, 0.717) is 0 Å². The topological polar surface area (TPSA) is 43.1 Å². The second-order valence-electron chi connectivity index (χ2n) is 2.19. The fourth-order valence-electron chi connectivity index (χ4n) is 0.791. The number of halogens is 3. The summed E-state index contributed by atoms with van der Waals surface area (Å²) in [5, 5.41) is -0.531. The van der Waals surface area contributed by atoms with E-state index in [0.717, 1.165) is 5.56 Å². The zero-order valence-electron chi connectivity index (χ0n) is 6.64. The molecule has 0 fully saturated rings. The van der Waals surface area contributed by atoms with Gasteiger partial charge < -0.3 is 5.73 Å². The Balaban J connectivity index is 0. The van der Waals surface area contributed by atoms with Gasteiger partial charge in [-0.15, -0.1) is 24.8 Å². The lowest BCUT2D eigenvalue weighted by Gasteiger charge is -2.04. The lowest BCUT2D eigenvalue weighted by molar-refractivity contribution is -0.112. The Kier molecular flexibility index (Phi) is 8.37. The molecule has 0 spiro atoms. The third-order valence-electron chi connectivity index (χ3n) is 1.40. The zero-order chi connectivity index (χ0) is 8.27. The third-order valence-corrected chi connectivity index (χ3v) is 1.64. The van der Waals surface area contributed by atoms with Crippen molar-refractivity contribution in [3.05, 3.63) is 35.9 Å². The molecule has 13 heavy (non-hydrogen) atoms. The quantitative estimate of drug-likeness (QED) is 0.809. The molecule has 0 heterocycles. The van der Waals surface area contributed by atoms with E-state index in [2.05, 4.69) is 0 Å². The summed E-state index contributed by atoms with van der Waals surface area (Å²) in [5.41, 5.74) is 6.20. The first kappa shape index (κ1) is 15.2. The molecular formula is C8H10Cl3NO. The van der Waals surface area contributed by atoms with Crippen LogP contribution in [0.15, 0.2) is 30.3 Å². The minimum absolute atomic E-state index is 0. The number of benzene rings is 1. The molecule has 2 N–H and O–H groups in total. The first-order chi connectivity index (χ1) is 5.22. The van der Waals surface area contributed by atoms with Crippen LogP contribution in [0, 0.1) is 0 Å². The number of carbonyl (C=O) groups excluding carboxylic acids is 1. The fourth-order valence-corrected chi connectivity index (χ4v) is 0.917. The van der Waals surface area contributed by atoms with E-state index in [1.807, 2.05) is 18.2 Å². The molecule has 0 amide bonds. The Bertz CT molecular complexity index is 253. The molecule has 0 aromatic heterocycles. The van der Waals surface area contributed by atoms with Gasteiger partial charge in [0, 0.05) is 0 Å². The lowest BCUT2D eigenvalue weighted by atomic mass is 10.1. The third kappa shape index (κ3) is 4.48. The average Bonchev–Trinajstić information content (AvgIpc) is 2.05. The largest absolute Gasteiger partial charge is 0.317 e. The highest BCUT2D eigenvalue weighted by molar-refractivity contribution is 6.64. The zero-order valence-corrected chi connectivity index (χ0v) is 9.03. The van der Waals surface area contributed by atoms with Crippen LogP contribution in [0.4, 0.5) is 0 Å². The Morgan fingerprint density at radius 2 is 1.69 bits per heavy atom. The molecule has 0 aliphatic heterocycles. The van der Waals surface area contributed by atoms with Crippen LogP contribution in [-0.4, -0.2) is 5.24 Å². The first-order valence-electron chi connectivity index (χ1n) is 3.21. The van der Waals surface area contributed by atoms with Crippen molar-refractivity contribution in [1.82, 2.24) is 0 Å². The van der Waals surface area contributed by atoms with Gasteiger partial charge in [-0.05, 0) is 17.2 Å². The first-order valence-corrected chi connectivity index (χ1v) is 3.59. The predicted molar refractivity (Wildman–Crippen MR) is 58.7 cm³/mol. The van der Waals surface area contributed by atoms with Crippen molar-refractivity contribution in [2.45, 2.75) is 6.04 Å². The molecule has 74 valence electrons. The van der Waals surface area contributed by atoms with Crippen LogP contribution < -0.4 is 5.73 Å². The van der Waals surface area contributed by atoms with Crippen LogP contribution in [0.1, 0.15) is 11.6 Å². The minimum Gasteiger partial charge on any atom is -0.317 e. The maximum Gasteiger partial charge on any atom is 0.242 e. The summed E-state index contributed by atoms with van der Waals surface area (Å²) < 4.78 is 0. The molecule has 0 bridgehead atoms. The minimum atomic E-state index is -0.696. The summed E-state index contributed by atoms with van der Waals surface area (Å²) in [5.74, 6) is 0. The second-order valence-corrected chi connectivity index (χ2v) is 2.56. The van der Waals surface area contributed by atoms with Crippen LogP contribution in [0.5, 0.6) is 0 Å². The number of carbonyl (C=O) groups is 1.